The molecule has 0 bridgehead atoms. The molecule has 1 atom stereocenters. The van der Waals surface area contributed by atoms with E-state index in [4.69, 9.17) is 11.6 Å². The molecule has 4 aromatic rings. The molecule has 0 unspecified atom stereocenters. The van der Waals surface area contributed by atoms with Gasteiger partial charge in [0.25, 0.3) is 0 Å². The van der Waals surface area contributed by atoms with Gasteiger partial charge in [-0.15, -0.1) is 0 Å². The lowest BCUT2D eigenvalue weighted by molar-refractivity contribution is -0.141. The third-order valence-electron chi connectivity index (χ3n) is 7.88. The van der Waals surface area contributed by atoms with Crippen molar-refractivity contribution in [3.63, 3.8) is 0 Å². The number of nitrogens with zero attached hydrogens (tertiary/aromatic N) is 1. The number of benzene rings is 4. The molecule has 1 fully saturated rings. The van der Waals surface area contributed by atoms with Crippen LogP contribution in [0, 0.1) is 6.92 Å². The minimum Gasteiger partial charge on any atom is -0.350 e. The van der Waals surface area contributed by atoms with Gasteiger partial charge in [-0.1, -0.05) is 96.0 Å². The lowest BCUT2D eigenvalue weighted by atomic mass is 10.0. The molecule has 0 radical (unpaired) electrons. The van der Waals surface area contributed by atoms with Crippen LogP contribution in [0.25, 0.3) is 0 Å². The first-order chi connectivity index (χ1) is 21.7. The second-order valence-corrected chi connectivity index (χ2v) is 13.7. The number of nitrogens with one attached hydrogen (secondary N) is 2. The molecule has 9 heteroatoms. The van der Waals surface area contributed by atoms with Crippen LogP contribution in [-0.4, -0.2) is 37.2 Å². The Kier molecular flexibility index (Phi) is 10.7. The lowest BCUT2D eigenvalue weighted by Crippen LogP contribution is -2.50. The van der Waals surface area contributed by atoms with E-state index in [2.05, 4.69) is 10.0 Å². The lowest BCUT2D eigenvalue weighted by Gasteiger charge is -2.32. The first kappa shape index (κ1) is 32.4. The van der Waals surface area contributed by atoms with Gasteiger partial charge in [0.15, 0.2) is 0 Å². The molecule has 2 N–H and O–H groups in total. The number of sulfonamides is 1. The van der Waals surface area contributed by atoms with Crippen molar-refractivity contribution in [3.8, 4) is 0 Å². The van der Waals surface area contributed by atoms with Gasteiger partial charge in [0.05, 0.1) is 4.90 Å². The zero-order valence-electron chi connectivity index (χ0n) is 25.3. The highest BCUT2D eigenvalue weighted by Crippen LogP contribution is 2.23. The predicted molar refractivity (Wildman–Crippen MR) is 177 cm³/mol. The van der Waals surface area contributed by atoms with Crippen LogP contribution in [0.15, 0.2) is 108 Å². The number of amides is 2. The molecule has 1 saturated carbocycles. The molecule has 2 amide bonds. The van der Waals surface area contributed by atoms with Crippen molar-refractivity contribution in [2.75, 3.05) is 0 Å². The first-order valence-electron chi connectivity index (χ1n) is 15.2. The highest BCUT2D eigenvalue weighted by Gasteiger charge is 2.31. The van der Waals surface area contributed by atoms with Crippen molar-refractivity contribution in [1.29, 1.82) is 0 Å². The minimum atomic E-state index is -3.55. The van der Waals surface area contributed by atoms with E-state index in [9.17, 15) is 18.0 Å². The predicted octanol–water partition coefficient (Wildman–Crippen LogP) is 5.98. The fourth-order valence-electron chi connectivity index (χ4n) is 5.07. The summed E-state index contributed by atoms with van der Waals surface area (Å²) in [5, 5.41) is 3.65. The molecule has 45 heavy (non-hydrogen) atoms. The summed E-state index contributed by atoms with van der Waals surface area (Å²) in [7, 11) is -3.55. The van der Waals surface area contributed by atoms with Crippen LogP contribution in [0.5, 0.6) is 0 Å². The molecular formula is C36H38ClN3O4S. The van der Waals surface area contributed by atoms with E-state index in [-0.39, 0.29) is 35.7 Å². The van der Waals surface area contributed by atoms with E-state index in [1.165, 1.54) is 0 Å². The molecule has 0 heterocycles. The van der Waals surface area contributed by atoms with Crippen molar-refractivity contribution in [2.24, 2.45) is 0 Å². The molecule has 7 nitrogen and oxygen atoms in total. The number of carbonyl (C=O) groups is 2. The van der Waals surface area contributed by atoms with Crippen LogP contribution in [0.4, 0.5) is 0 Å². The number of halogens is 1. The molecule has 0 spiro atoms. The molecule has 0 aromatic heterocycles. The summed E-state index contributed by atoms with van der Waals surface area (Å²) in [5.41, 5.74) is 4.75. The number of aryl methyl sites for hydroxylation is 2. The standard InChI is InChI=1S/C36H38ClN3O4S/c1-26-7-9-29(10-8-26)24-38-36(42)34(23-28-5-3-2-4-6-28)40(25-30-11-16-31(37)17-12-30)35(41)22-15-27-13-20-33(21-14-27)45(43,44)39-32-18-19-32/h2-14,16-17,20-21,32,34,39H,15,18-19,22-25H2,1H3,(H,38,42)/t34-/m0/s1. The van der Waals surface area contributed by atoms with Crippen LogP contribution in [0.3, 0.4) is 0 Å². The van der Waals surface area contributed by atoms with E-state index < -0.39 is 16.1 Å². The maximum absolute atomic E-state index is 14.0. The summed E-state index contributed by atoms with van der Waals surface area (Å²) >= 11 is 6.14. The quantitative estimate of drug-likeness (QED) is 0.177. The monoisotopic (exact) mass is 643 g/mol. The molecule has 0 saturated heterocycles. The maximum Gasteiger partial charge on any atom is 0.243 e. The maximum atomic E-state index is 14.0. The summed E-state index contributed by atoms with van der Waals surface area (Å²) < 4.78 is 27.8. The zero-order chi connectivity index (χ0) is 31.8. The van der Waals surface area contributed by atoms with Crippen LogP contribution in [-0.2, 0) is 45.5 Å². The molecular weight excluding hydrogens is 606 g/mol. The third-order valence-corrected chi connectivity index (χ3v) is 9.67. The fourth-order valence-corrected chi connectivity index (χ4v) is 6.50. The molecule has 1 aliphatic carbocycles. The first-order valence-corrected chi connectivity index (χ1v) is 17.0. The number of carbonyl (C=O) groups excluding carboxylic acids is 2. The number of rotatable bonds is 14. The molecule has 1 aliphatic rings. The van der Waals surface area contributed by atoms with Crippen molar-refractivity contribution >= 4 is 33.4 Å². The largest absolute Gasteiger partial charge is 0.350 e. The zero-order valence-corrected chi connectivity index (χ0v) is 26.9. The summed E-state index contributed by atoms with van der Waals surface area (Å²) in [6, 6.07) is 30.8. The average Bonchev–Trinajstić information content (AvgIpc) is 3.86. The van der Waals surface area contributed by atoms with E-state index in [0.717, 1.165) is 40.7 Å². The molecule has 5 rings (SSSR count). The SMILES string of the molecule is Cc1ccc(CNC(=O)[C@H](Cc2ccccc2)N(Cc2ccc(Cl)cc2)C(=O)CCc2ccc(S(=O)(=O)NC3CC3)cc2)cc1. The van der Waals surface area contributed by atoms with Gasteiger partial charge in [-0.25, -0.2) is 13.1 Å². The van der Waals surface area contributed by atoms with Crippen molar-refractivity contribution < 1.29 is 18.0 Å². The van der Waals surface area contributed by atoms with E-state index in [1.54, 1.807) is 41.3 Å². The normalized spacial score (nSPS) is 13.6. The van der Waals surface area contributed by atoms with Gasteiger partial charge in [0.1, 0.15) is 6.04 Å². The molecule has 4 aromatic carbocycles. The minimum absolute atomic E-state index is 0.0249. The van der Waals surface area contributed by atoms with Gasteiger partial charge in [-0.3, -0.25) is 9.59 Å². The Labute approximate surface area is 270 Å². The number of hydrogen-bond acceptors (Lipinski definition) is 4. The summed E-state index contributed by atoms with van der Waals surface area (Å²) in [6.45, 7) is 2.59. The van der Waals surface area contributed by atoms with E-state index in [1.807, 2.05) is 73.7 Å². The van der Waals surface area contributed by atoms with E-state index >= 15 is 0 Å². The van der Waals surface area contributed by atoms with Crippen LogP contribution in [0.2, 0.25) is 5.02 Å². The molecule has 0 aliphatic heterocycles. The van der Waals surface area contributed by atoms with Crippen LogP contribution < -0.4 is 10.0 Å². The van der Waals surface area contributed by atoms with Gasteiger partial charge < -0.3 is 10.2 Å². The van der Waals surface area contributed by atoms with E-state index in [0.29, 0.717) is 24.4 Å². The summed E-state index contributed by atoms with van der Waals surface area (Å²) in [4.78, 5) is 29.7. The highest BCUT2D eigenvalue weighted by molar-refractivity contribution is 7.89. The highest BCUT2D eigenvalue weighted by atomic mass is 35.5. The Bertz CT molecular complexity index is 1690. The third kappa shape index (κ3) is 9.50. The Morgan fingerprint density at radius 3 is 2.09 bits per heavy atom. The van der Waals surface area contributed by atoms with Gasteiger partial charge in [0.2, 0.25) is 21.8 Å². The molecule has 234 valence electrons. The van der Waals surface area contributed by atoms with Gasteiger partial charge >= 0.3 is 0 Å². The Morgan fingerprint density at radius 1 is 0.822 bits per heavy atom. The summed E-state index contributed by atoms with van der Waals surface area (Å²) in [5.74, 6) is -0.414. The smallest absolute Gasteiger partial charge is 0.243 e. The van der Waals surface area contributed by atoms with Crippen LogP contribution >= 0.6 is 11.6 Å². The van der Waals surface area contributed by atoms with Gasteiger partial charge in [0, 0.05) is 37.0 Å². The topological polar surface area (TPSA) is 95.6 Å². The van der Waals surface area contributed by atoms with Crippen molar-refractivity contribution in [2.45, 2.75) is 69.1 Å². The fraction of sp³-hybridized carbons (Fsp3) is 0.278. The van der Waals surface area contributed by atoms with Crippen LogP contribution in [0.1, 0.15) is 47.1 Å². The van der Waals surface area contributed by atoms with Gasteiger partial charge in [-0.05, 0) is 72.7 Å². The Morgan fingerprint density at radius 2 is 1.44 bits per heavy atom. The summed E-state index contributed by atoms with van der Waals surface area (Å²) in [6.07, 6.45) is 2.62. The average molecular weight is 644 g/mol. The van der Waals surface area contributed by atoms with Gasteiger partial charge in [-0.2, -0.15) is 0 Å². The number of hydrogen-bond donors (Lipinski definition) is 2. The second kappa shape index (κ2) is 14.9. The second-order valence-electron chi connectivity index (χ2n) is 11.6. The van der Waals surface area contributed by atoms with Crippen molar-refractivity contribution in [1.82, 2.24) is 14.9 Å². The Balaban J connectivity index is 1.36. The van der Waals surface area contributed by atoms with Crippen molar-refractivity contribution in [3.05, 3.63) is 136 Å². The Hall–Kier alpha value is -3.98.